The van der Waals surface area contributed by atoms with Crippen LogP contribution in [0.5, 0.6) is 5.75 Å². The van der Waals surface area contributed by atoms with E-state index in [-0.39, 0.29) is 24.6 Å². The number of rotatable bonds is 7. The van der Waals surface area contributed by atoms with Gasteiger partial charge in [0.25, 0.3) is 0 Å². The molecule has 8 nitrogen and oxygen atoms in total. The van der Waals surface area contributed by atoms with Crippen LogP contribution in [0, 0.1) is 0 Å². The predicted octanol–water partition coefficient (Wildman–Crippen LogP) is 1.79. The van der Waals surface area contributed by atoms with Gasteiger partial charge in [0.1, 0.15) is 5.75 Å². The number of hydrogen-bond acceptors (Lipinski definition) is 6. The van der Waals surface area contributed by atoms with Crippen molar-refractivity contribution in [3.63, 3.8) is 0 Å². The van der Waals surface area contributed by atoms with Crippen molar-refractivity contribution in [1.82, 2.24) is 10.2 Å². The van der Waals surface area contributed by atoms with Gasteiger partial charge in [-0.25, -0.2) is 9.59 Å². The number of hydrogen-bond donors (Lipinski definition) is 1. The minimum Gasteiger partial charge on any atom is -0.496 e. The molecule has 0 aliphatic carbocycles. The van der Waals surface area contributed by atoms with Gasteiger partial charge in [-0.05, 0) is 23.8 Å². The second kappa shape index (κ2) is 8.34. The third-order valence-electron chi connectivity index (χ3n) is 4.24. The maximum atomic E-state index is 12.5. The molecule has 0 atom stereocenters. The average molecular weight is 382 g/mol. The van der Waals surface area contributed by atoms with Crippen molar-refractivity contribution in [1.29, 1.82) is 0 Å². The van der Waals surface area contributed by atoms with E-state index in [4.69, 9.17) is 9.47 Å². The molecule has 1 N–H and O–H groups in total. The van der Waals surface area contributed by atoms with Gasteiger partial charge in [-0.2, -0.15) is 0 Å². The molecule has 1 aliphatic heterocycles. The number of nitrogens with zero attached hydrogens (tertiary/aromatic N) is 1. The van der Waals surface area contributed by atoms with Crippen LogP contribution in [0.3, 0.4) is 0 Å². The van der Waals surface area contributed by atoms with Gasteiger partial charge in [-0.3, -0.25) is 14.5 Å². The number of benzene rings is 2. The first-order valence-electron chi connectivity index (χ1n) is 8.50. The molecule has 144 valence electrons. The minimum absolute atomic E-state index is 0.0591. The lowest BCUT2D eigenvalue weighted by atomic mass is 10.1. The lowest BCUT2D eigenvalue weighted by molar-refractivity contribution is -0.125. The molecule has 0 aromatic heterocycles. The van der Waals surface area contributed by atoms with E-state index in [1.807, 2.05) is 0 Å². The van der Waals surface area contributed by atoms with Gasteiger partial charge >= 0.3 is 12.0 Å². The molecule has 28 heavy (non-hydrogen) atoms. The Balaban J connectivity index is 1.70. The minimum atomic E-state index is -0.717. The summed E-state index contributed by atoms with van der Waals surface area (Å²) in [5.74, 6) is -1.11. The Kier molecular flexibility index (Phi) is 5.69. The topological polar surface area (TPSA) is 102 Å². The summed E-state index contributed by atoms with van der Waals surface area (Å²) in [4.78, 5) is 49.3. The van der Waals surface area contributed by atoms with Crippen molar-refractivity contribution in [2.75, 3.05) is 20.3 Å². The lowest BCUT2D eigenvalue weighted by Crippen LogP contribution is -2.31. The molecule has 3 rings (SSSR count). The zero-order valence-corrected chi connectivity index (χ0v) is 15.1. The second-order valence-electron chi connectivity index (χ2n) is 6.00. The Morgan fingerprint density at radius 1 is 1.04 bits per heavy atom. The van der Waals surface area contributed by atoms with Gasteiger partial charge in [0, 0.05) is 0 Å². The van der Waals surface area contributed by atoms with Crippen LogP contribution in [0.1, 0.15) is 26.3 Å². The van der Waals surface area contributed by atoms with Crippen molar-refractivity contribution < 1.29 is 28.7 Å². The van der Waals surface area contributed by atoms with Crippen molar-refractivity contribution in [3.05, 3.63) is 65.2 Å². The van der Waals surface area contributed by atoms with Crippen molar-refractivity contribution in [3.8, 4) is 5.75 Å². The van der Waals surface area contributed by atoms with E-state index in [0.29, 0.717) is 16.9 Å². The van der Waals surface area contributed by atoms with Gasteiger partial charge in [0.15, 0.2) is 6.61 Å². The number of urea groups is 1. The fourth-order valence-electron chi connectivity index (χ4n) is 2.80. The van der Waals surface area contributed by atoms with Crippen molar-refractivity contribution in [2.45, 2.75) is 6.54 Å². The highest BCUT2D eigenvalue weighted by molar-refractivity contribution is 6.03. The monoisotopic (exact) mass is 382 g/mol. The highest BCUT2D eigenvalue weighted by Gasteiger charge is 2.29. The molecule has 2 aromatic carbocycles. The maximum absolute atomic E-state index is 12.5. The Bertz CT molecular complexity index is 924. The SMILES string of the molecule is COc1ccccc1C(=O)COC(=O)c1ccccc1CN1C(=O)CNC1=O. The number of methoxy groups -OCH3 is 1. The number of nitrogens with one attached hydrogen (secondary N) is 1. The molecule has 0 saturated carbocycles. The summed E-state index contributed by atoms with van der Waals surface area (Å²) in [5.41, 5.74) is 0.941. The fourth-order valence-corrected chi connectivity index (χ4v) is 2.80. The average Bonchev–Trinajstić information content (AvgIpc) is 3.04. The number of ether oxygens (including phenoxy) is 2. The smallest absolute Gasteiger partial charge is 0.338 e. The number of ketones is 1. The predicted molar refractivity (Wildman–Crippen MR) is 98.0 cm³/mol. The number of para-hydroxylation sites is 1. The first-order valence-corrected chi connectivity index (χ1v) is 8.50. The van der Waals surface area contributed by atoms with E-state index in [1.54, 1.807) is 42.5 Å². The van der Waals surface area contributed by atoms with Gasteiger partial charge in [-0.15, -0.1) is 0 Å². The largest absolute Gasteiger partial charge is 0.496 e. The van der Waals surface area contributed by atoms with Crippen LogP contribution in [0.25, 0.3) is 0 Å². The molecule has 8 heteroatoms. The summed E-state index contributed by atoms with van der Waals surface area (Å²) >= 11 is 0. The summed E-state index contributed by atoms with van der Waals surface area (Å²) in [6.45, 7) is -0.591. The molecule has 2 aromatic rings. The zero-order chi connectivity index (χ0) is 20.1. The molecule has 0 spiro atoms. The van der Waals surface area contributed by atoms with Gasteiger partial charge in [0.05, 0.1) is 31.3 Å². The van der Waals surface area contributed by atoms with E-state index in [1.165, 1.54) is 13.2 Å². The summed E-state index contributed by atoms with van der Waals surface area (Å²) < 4.78 is 10.3. The Morgan fingerprint density at radius 2 is 1.71 bits per heavy atom. The van der Waals surface area contributed by atoms with Crippen LogP contribution in [0.2, 0.25) is 0 Å². The quantitative estimate of drug-likeness (QED) is 0.445. The molecule has 0 radical (unpaired) electrons. The molecule has 1 saturated heterocycles. The molecular weight excluding hydrogens is 364 g/mol. The standard InChI is InChI=1S/C20H18N2O6/c1-27-17-9-5-4-8-15(17)16(23)12-28-19(25)14-7-3-2-6-13(14)11-22-18(24)10-21-20(22)26/h2-9H,10-12H2,1H3,(H,21,26). The number of imide groups is 1. The van der Waals surface area contributed by atoms with Crippen LogP contribution >= 0.6 is 0 Å². The molecule has 1 fully saturated rings. The lowest BCUT2D eigenvalue weighted by Gasteiger charge is -2.15. The van der Waals surface area contributed by atoms with Crippen LogP contribution in [0.15, 0.2) is 48.5 Å². The first-order chi connectivity index (χ1) is 13.5. The summed E-state index contributed by atoms with van der Waals surface area (Å²) in [5, 5.41) is 2.42. The Labute approximate surface area is 161 Å². The number of amides is 3. The maximum Gasteiger partial charge on any atom is 0.338 e. The van der Waals surface area contributed by atoms with Gasteiger partial charge in [0.2, 0.25) is 11.7 Å². The molecule has 0 unspecified atom stereocenters. The van der Waals surface area contributed by atoms with Crippen molar-refractivity contribution in [2.24, 2.45) is 0 Å². The number of Topliss-reactive ketones (excluding diaryl/α,β-unsaturated/α-hetero) is 1. The van der Waals surface area contributed by atoms with Gasteiger partial charge in [-0.1, -0.05) is 30.3 Å². The van der Waals surface area contributed by atoms with E-state index >= 15 is 0 Å². The van der Waals surface area contributed by atoms with E-state index in [2.05, 4.69) is 5.32 Å². The number of carbonyl (C=O) groups is 4. The van der Waals surface area contributed by atoms with Crippen LogP contribution in [0.4, 0.5) is 4.79 Å². The van der Waals surface area contributed by atoms with Crippen LogP contribution in [-0.2, 0) is 16.1 Å². The second-order valence-corrected chi connectivity index (χ2v) is 6.00. The van der Waals surface area contributed by atoms with E-state index in [9.17, 15) is 19.2 Å². The third kappa shape index (κ3) is 4.01. The molecular formula is C20H18N2O6. The zero-order valence-electron chi connectivity index (χ0n) is 15.1. The molecule has 1 aliphatic rings. The highest BCUT2D eigenvalue weighted by Crippen LogP contribution is 2.19. The Morgan fingerprint density at radius 3 is 2.39 bits per heavy atom. The third-order valence-corrected chi connectivity index (χ3v) is 4.24. The van der Waals surface area contributed by atoms with E-state index in [0.717, 1.165) is 4.90 Å². The first kappa shape index (κ1) is 19.1. The summed E-state index contributed by atoms with van der Waals surface area (Å²) in [6, 6.07) is 12.6. The molecule has 3 amide bonds. The van der Waals surface area contributed by atoms with Crippen LogP contribution < -0.4 is 10.1 Å². The number of carbonyl (C=O) groups excluding carboxylic acids is 4. The molecule has 0 bridgehead atoms. The number of esters is 1. The normalized spacial score (nSPS) is 13.2. The van der Waals surface area contributed by atoms with E-state index < -0.39 is 24.4 Å². The fraction of sp³-hybridized carbons (Fsp3) is 0.200. The van der Waals surface area contributed by atoms with Gasteiger partial charge < -0.3 is 14.8 Å². The van der Waals surface area contributed by atoms with Crippen LogP contribution in [-0.4, -0.2) is 48.9 Å². The summed E-state index contributed by atoms with van der Waals surface area (Å²) in [7, 11) is 1.45. The van der Waals surface area contributed by atoms with Crippen molar-refractivity contribution >= 4 is 23.7 Å². The summed E-state index contributed by atoms with van der Waals surface area (Å²) in [6.07, 6.45) is 0. The highest BCUT2D eigenvalue weighted by atomic mass is 16.5. The molecule has 1 heterocycles. The Hall–Kier alpha value is -3.68.